The smallest absolute Gasteiger partial charge is 0.279 e. The van der Waals surface area contributed by atoms with Gasteiger partial charge in [0.05, 0.1) is 17.8 Å². The Balaban J connectivity index is 1.63. The molecule has 0 fully saturated rings. The first-order valence-corrected chi connectivity index (χ1v) is 9.71. The first-order chi connectivity index (χ1) is 12.5. The largest absolute Gasteiger partial charge is 0.350 e. The Hall–Kier alpha value is -2.02. The van der Waals surface area contributed by atoms with E-state index in [-0.39, 0.29) is 24.9 Å². The number of halogens is 1. The molecule has 2 amide bonds. The van der Waals surface area contributed by atoms with Gasteiger partial charge in [0.1, 0.15) is 0 Å². The Morgan fingerprint density at radius 2 is 1.65 bits per heavy atom. The summed E-state index contributed by atoms with van der Waals surface area (Å²) in [5.41, 5.74) is 0.578. The van der Waals surface area contributed by atoms with Gasteiger partial charge >= 0.3 is 0 Å². The molecule has 5 nitrogen and oxygen atoms in total. The van der Waals surface area contributed by atoms with E-state index >= 15 is 0 Å². The summed E-state index contributed by atoms with van der Waals surface area (Å²) in [4.78, 5) is 26.0. The van der Waals surface area contributed by atoms with E-state index in [1.807, 2.05) is 37.4 Å². The third-order valence-electron chi connectivity index (χ3n) is 3.51. The number of anilines is 1. The highest BCUT2D eigenvalue weighted by Crippen LogP contribution is 2.19. The molecular formula is C19H23ClN3O2S+. The van der Waals surface area contributed by atoms with Gasteiger partial charge in [-0.15, -0.1) is 11.8 Å². The van der Waals surface area contributed by atoms with Crippen molar-refractivity contribution < 1.29 is 14.5 Å². The Bertz CT molecular complexity index is 728. The number of benzene rings is 2. The first kappa shape index (κ1) is 20.3. The highest BCUT2D eigenvalue weighted by molar-refractivity contribution is 7.99. The standard InChI is InChI=1S/C19H22ClN3O2S/c1-23(14-19(25)22-17-10-6-5-9-16(17)20)13-18(24)21-11-12-26-15-7-3-2-4-8-15/h2-10H,11-14H2,1H3,(H,21,24)(H,22,25)/p+1. The van der Waals surface area contributed by atoms with Gasteiger partial charge in [-0.2, -0.15) is 0 Å². The highest BCUT2D eigenvalue weighted by atomic mass is 35.5. The Labute approximate surface area is 163 Å². The lowest BCUT2D eigenvalue weighted by atomic mass is 10.3. The molecular weight excluding hydrogens is 370 g/mol. The second-order valence-corrected chi connectivity index (χ2v) is 7.43. The van der Waals surface area contributed by atoms with E-state index in [0.29, 0.717) is 17.3 Å². The van der Waals surface area contributed by atoms with Crippen LogP contribution in [0.3, 0.4) is 0 Å². The fourth-order valence-corrected chi connectivity index (χ4v) is 3.28. The SMILES string of the molecule is C[NH+](CC(=O)NCCSc1ccccc1)CC(=O)Nc1ccccc1Cl. The van der Waals surface area contributed by atoms with Crippen molar-refractivity contribution in [1.29, 1.82) is 0 Å². The lowest BCUT2D eigenvalue weighted by Gasteiger charge is -2.14. The van der Waals surface area contributed by atoms with E-state index in [2.05, 4.69) is 10.6 Å². The third-order valence-corrected chi connectivity index (χ3v) is 4.85. The first-order valence-electron chi connectivity index (χ1n) is 8.35. The molecule has 0 spiro atoms. The molecule has 0 aliphatic heterocycles. The number of hydrogen-bond donors (Lipinski definition) is 3. The minimum absolute atomic E-state index is 0.0679. The maximum atomic E-state index is 12.0. The van der Waals surface area contributed by atoms with Crippen LogP contribution in [0, 0.1) is 0 Å². The summed E-state index contributed by atoms with van der Waals surface area (Å²) in [5, 5.41) is 6.13. The van der Waals surface area contributed by atoms with Crippen molar-refractivity contribution >= 4 is 40.9 Å². The summed E-state index contributed by atoms with van der Waals surface area (Å²) in [6.07, 6.45) is 0. The molecule has 2 aromatic carbocycles. The molecule has 0 saturated carbocycles. The highest BCUT2D eigenvalue weighted by Gasteiger charge is 2.14. The van der Waals surface area contributed by atoms with Gasteiger partial charge < -0.3 is 15.5 Å². The van der Waals surface area contributed by atoms with Crippen molar-refractivity contribution in [1.82, 2.24) is 5.32 Å². The lowest BCUT2D eigenvalue weighted by Crippen LogP contribution is -3.11. The quantitative estimate of drug-likeness (QED) is 0.449. The fraction of sp³-hybridized carbons (Fsp3) is 0.263. The van der Waals surface area contributed by atoms with Crippen LogP contribution >= 0.6 is 23.4 Å². The summed E-state index contributed by atoms with van der Waals surface area (Å²) in [6, 6.07) is 17.1. The molecule has 0 aromatic heterocycles. The van der Waals surface area contributed by atoms with E-state index in [9.17, 15) is 9.59 Å². The fourth-order valence-electron chi connectivity index (χ4n) is 2.31. The molecule has 0 aliphatic carbocycles. The lowest BCUT2D eigenvalue weighted by molar-refractivity contribution is -0.862. The number of quaternary nitrogens is 1. The van der Waals surface area contributed by atoms with Crippen molar-refractivity contribution in [3.63, 3.8) is 0 Å². The molecule has 0 saturated heterocycles. The van der Waals surface area contributed by atoms with Gasteiger partial charge in [0, 0.05) is 17.2 Å². The van der Waals surface area contributed by atoms with Gasteiger partial charge in [-0.1, -0.05) is 41.9 Å². The summed E-state index contributed by atoms with van der Waals surface area (Å²) in [5.74, 6) is 0.562. The maximum Gasteiger partial charge on any atom is 0.279 e. The van der Waals surface area contributed by atoms with Gasteiger partial charge in [-0.3, -0.25) is 9.59 Å². The van der Waals surface area contributed by atoms with Gasteiger partial charge in [-0.05, 0) is 24.3 Å². The van der Waals surface area contributed by atoms with Gasteiger partial charge in [0.25, 0.3) is 11.8 Å². The number of hydrogen-bond acceptors (Lipinski definition) is 3. The van der Waals surface area contributed by atoms with E-state index < -0.39 is 0 Å². The van der Waals surface area contributed by atoms with Crippen LogP contribution in [0.5, 0.6) is 0 Å². The van der Waals surface area contributed by atoms with Gasteiger partial charge in [0.15, 0.2) is 13.1 Å². The molecule has 26 heavy (non-hydrogen) atoms. The topological polar surface area (TPSA) is 62.6 Å². The monoisotopic (exact) mass is 392 g/mol. The molecule has 0 heterocycles. The number of thioether (sulfide) groups is 1. The molecule has 0 aliphatic rings. The van der Waals surface area contributed by atoms with Crippen molar-refractivity contribution in [3.05, 3.63) is 59.6 Å². The molecule has 0 radical (unpaired) electrons. The molecule has 138 valence electrons. The Kier molecular flexibility index (Phi) is 8.47. The van der Waals surface area contributed by atoms with Crippen molar-refractivity contribution in [2.75, 3.05) is 37.8 Å². The number of carbonyl (C=O) groups is 2. The zero-order chi connectivity index (χ0) is 18.8. The van der Waals surface area contributed by atoms with E-state index in [4.69, 9.17) is 11.6 Å². The van der Waals surface area contributed by atoms with Crippen LogP contribution in [-0.4, -0.2) is 44.2 Å². The third kappa shape index (κ3) is 7.47. The Morgan fingerprint density at radius 3 is 2.38 bits per heavy atom. The van der Waals surface area contributed by atoms with E-state index in [0.717, 1.165) is 10.7 Å². The van der Waals surface area contributed by atoms with Crippen LogP contribution in [0.1, 0.15) is 0 Å². The summed E-state index contributed by atoms with van der Waals surface area (Å²) >= 11 is 7.71. The molecule has 7 heteroatoms. The zero-order valence-corrected chi connectivity index (χ0v) is 16.2. The van der Waals surface area contributed by atoms with Crippen LogP contribution in [0.4, 0.5) is 5.69 Å². The number of nitrogens with one attached hydrogen (secondary N) is 3. The molecule has 0 bridgehead atoms. The second-order valence-electron chi connectivity index (χ2n) is 5.85. The maximum absolute atomic E-state index is 12.0. The van der Waals surface area contributed by atoms with Crippen molar-refractivity contribution in [2.24, 2.45) is 0 Å². The Morgan fingerprint density at radius 1 is 1.00 bits per heavy atom. The van der Waals surface area contributed by atoms with Crippen LogP contribution in [0.15, 0.2) is 59.5 Å². The molecule has 2 aromatic rings. The second kappa shape index (κ2) is 10.9. The van der Waals surface area contributed by atoms with Crippen molar-refractivity contribution in [2.45, 2.75) is 4.90 Å². The van der Waals surface area contributed by atoms with E-state index in [1.54, 1.807) is 36.0 Å². The number of amides is 2. The van der Waals surface area contributed by atoms with E-state index in [1.165, 1.54) is 4.90 Å². The zero-order valence-electron chi connectivity index (χ0n) is 14.6. The minimum Gasteiger partial charge on any atom is -0.350 e. The number of likely N-dealkylation sites (N-methyl/N-ethyl adjacent to an activating group) is 1. The number of para-hydroxylation sites is 1. The van der Waals surface area contributed by atoms with Crippen LogP contribution < -0.4 is 15.5 Å². The summed E-state index contributed by atoms with van der Waals surface area (Å²) in [7, 11) is 1.81. The average Bonchev–Trinajstić information content (AvgIpc) is 2.61. The average molecular weight is 393 g/mol. The number of rotatable bonds is 9. The van der Waals surface area contributed by atoms with Crippen LogP contribution in [0.25, 0.3) is 0 Å². The molecule has 1 atom stereocenters. The van der Waals surface area contributed by atoms with Crippen LogP contribution in [0.2, 0.25) is 5.02 Å². The predicted molar refractivity (Wildman–Crippen MR) is 107 cm³/mol. The predicted octanol–water partition coefficient (Wildman–Crippen LogP) is 1.70. The normalized spacial score (nSPS) is 11.6. The van der Waals surface area contributed by atoms with Gasteiger partial charge in [-0.25, -0.2) is 0 Å². The molecule has 1 unspecified atom stereocenters. The van der Waals surface area contributed by atoms with Crippen LogP contribution in [-0.2, 0) is 9.59 Å². The van der Waals surface area contributed by atoms with Gasteiger partial charge in [0.2, 0.25) is 0 Å². The summed E-state index contributed by atoms with van der Waals surface area (Å²) < 4.78 is 0. The van der Waals surface area contributed by atoms with Crippen molar-refractivity contribution in [3.8, 4) is 0 Å². The molecule has 3 N–H and O–H groups in total. The summed E-state index contributed by atoms with van der Waals surface area (Å²) in [6.45, 7) is 1.03. The number of carbonyl (C=O) groups excluding carboxylic acids is 2. The molecule has 2 rings (SSSR count). The minimum atomic E-state index is -0.178.